The van der Waals surface area contributed by atoms with Crippen molar-refractivity contribution in [2.75, 3.05) is 0 Å². The molecule has 0 bridgehead atoms. The molecule has 2 nitrogen and oxygen atoms in total. The summed E-state index contributed by atoms with van der Waals surface area (Å²) in [5.41, 5.74) is 3.51. The lowest BCUT2D eigenvalue weighted by atomic mass is 10.0. The fraction of sp³-hybridized carbons (Fsp3) is 0. The van der Waals surface area contributed by atoms with Crippen LogP contribution in [0.4, 0.5) is 4.39 Å². The summed E-state index contributed by atoms with van der Waals surface area (Å²) in [6.07, 6.45) is 5.57. The molecule has 22 heavy (non-hydrogen) atoms. The van der Waals surface area contributed by atoms with E-state index in [1.165, 1.54) is 6.07 Å². The third-order valence-electron chi connectivity index (χ3n) is 3.80. The van der Waals surface area contributed by atoms with E-state index in [-0.39, 0.29) is 5.82 Å². The second-order valence-corrected chi connectivity index (χ2v) is 5.15. The molecule has 0 radical (unpaired) electrons. The van der Waals surface area contributed by atoms with Gasteiger partial charge in [0.1, 0.15) is 5.82 Å². The molecule has 0 spiro atoms. The van der Waals surface area contributed by atoms with Crippen LogP contribution in [-0.2, 0) is 0 Å². The Morgan fingerprint density at radius 2 is 1.82 bits per heavy atom. The predicted octanol–water partition coefficient (Wildman–Crippen LogP) is 4.83. The molecule has 0 saturated carbocycles. The normalized spacial score (nSPS) is 11.0. The minimum absolute atomic E-state index is 0.207. The molecular weight excluding hydrogens is 275 g/mol. The average molecular weight is 288 g/mol. The summed E-state index contributed by atoms with van der Waals surface area (Å²) in [4.78, 5) is 4.16. The number of rotatable bonds is 2. The van der Waals surface area contributed by atoms with Gasteiger partial charge in [0.25, 0.3) is 0 Å². The van der Waals surface area contributed by atoms with Crippen LogP contribution in [0.1, 0.15) is 0 Å². The molecule has 0 fully saturated rings. The minimum atomic E-state index is -0.207. The van der Waals surface area contributed by atoms with Gasteiger partial charge in [-0.3, -0.25) is 4.98 Å². The molecule has 106 valence electrons. The average Bonchev–Trinajstić information content (AvgIpc) is 2.99. The summed E-state index contributed by atoms with van der Waals surface area (Å²) in [7, 11) is 0. The van der Waals surface area contributed by atoms with Gasteiger partial charge in [0.2, 0.25) is 0 Å². The van der Waals surface area contributed by atoms with Crippen molar-refractivity contribution in [1.82, 2.24) is 9.55 Å². The number of hydrogen-bond acceptors (Lipinski definition) is 1. The summed E-state index contributed by atoms with van der Waals surface area (Å²) in [6, 6.07) is 18.8. The third kappa shape index (κ3) is 2.07. The van der Waals surface area contributed by atoms with Crippen LogP contribution in [-0.4, -0.2) is 9.55 Å². The topological polar surface area (TPSA) is 17.8 Å². The highest BCUT2D eigenvalue weighted by molar-refractivity contribution is 5.86. The van der Waals surface area contributed by atoms with Crippen molar-refractivity contribution in [3.63, 3.8) is 0 Å². The van der Waals surface area contributed by atoms with Gasteiger partial charge in [-0.15, -0.1) is 0 Å². The largest absolute Gasteiger partial charge is 0.315 e. The van der Waals surface area contributed by atoms with E-state index in [0.717, 1.165) is 22.2 Å². The van der Waals surface area contributed by atoms with Crippen molar-refractivity contribution in [2.24, 2.45) is 0 Å². The molecule has 0 aliphatic carbocycles. The molecule has 3 heteroatoms. The van der Waals surface area contributed by atoms with E-state index in [1.807, 2.05) is 54.9 Å². The number of fused-ring (bicyclic) bond motifs is 1. The maximum Gasteiger partial charge on any atom is 0.131 e. The Kier molecular flexibility index (Phi) is 2.97. The van der Waals surface area contributed by atoms with Gasteiger partial charge in [0.15, 0.2) is 0 Å². The van der Waals surface area contributed by atoms with Gasteiger partial charge in [-0.25, -0.2) is 4.39 Å². The van der Waals surface area contributed by atoms with Crippen LogP contribution in [0.2, 0.25) is 0 Å². The molecule has 0 unspecified atom stereocenters. The van der Waals surface area contributed by atoms with E-state index in [4.69, 9.17) is 0 Å². The Morgan fingerprint density at radius 1 is 0.909 bits per heavy atom. The van der Waals surface area contributed by atoms with E-state index in [9.17, 15) is 4.39 Å². The fourth-order valence-electron chi connectivity index (χ4n) is 2.71. The highest BCUT2D eigenvalue weighted by Crippen LogP contribution is 2.28. The first-order valence-electron chi connectivity index (χ1n) is 7.09. The zero-order chi connectivity index (χ0) is 14.9. The second-order valence-electron chi connectivity index (χ2n) is 5.15. The molecule has 0 amide bonds. The summed E-state index contributed by atoms with van der Waals surface area (Å²) < 4.78 is 16.1. The highest BCUT2D eigenvalue weighted by Gasteiger charge is 2.08. The quantitative estimate of drug-likeness (QED) is 0.516. The van der Waals surface area contributed by atoms with Crippen molar-refractivity contribution in [1.29, 1.82) is 0 Å². The number of nitrogens with zero attached hydrogens (tertiary/aromatic N) is 2. The maximum absolute atomic E-state index is 14.0. The summed E-state index contributed by atoms with van der Waals surface area (Å²) >= 11 is 0. The summed E-state index contributed by atoms with van der Waals surface area (Å²) in [5, 5.41) is 1.11. The second kappa shape index (κ2) is 5.11. The summed E-state index contributed by atoms with van der Waals surface area (Å²) in [6.45, 7) is 0. The Morgan fingerprint density at radius 3 is 2.64 bits per heavy atom. The Balaban J connectivity index is 1.92. The minimum Gasteiger partial charge on any atom is -0.315 e. The molecular formula is C19H13FN2. The summed E-state index contributed by atoms with van der Waals surface area (Å²) in [5.74, 6) is -0.207. The number of halogens is 1. The first-order valence-corrected chi connectivity index (χ1v) is 7.09. The van der Waals surface area contributed by atoms with Crippen LogP contribution >= 0.6 is 0 Å². The maximum atomic E-state index is 14.0. The van der Waals surface area contributed by atoms with Gasteiger partial charge in [-0.05, 0) is 41.3 Å². The van der Waals surface area contributed by atoms with Gasteiger partial charge in [0.05, 0.1) is 17.4 Å². The Labute approximate surface area is 127 Å². The molecule has 2 aromatic heterocycles. The standard InChI is InChI=1S/C19H13FN2/c20-18-6-2-1-5-17(18)15-8-7-14-9-11-22(19(14)12-15)16-4-3-10-21-13-16/h1-13H. The zero-order valence-corrected chi connectivity index (χ0v) is 11.8. The van der Waals surface area contributed by atoms with Crippen LogP contribution in [0.3, 0.4) is 0 Å². The SMILES string of the molecule is Fc1ccccc1-c1ccc2ccn(-c3cccnc3)c2c1. The van der Waals surface area contributed by atoms with Crippen molar-refractivity contribution >= 4 is 10.9 Å². The lowest BCUT2D eigenvalue weighted by Gasteiger charge is -2.07. The first kappa shape index (κ1) is 12.8. The van der Waals surface area contributed by atoms with Gasteiger partial charge < -0.3 is 4.57 Å². The molecule has 2 aromatic carbocycles. The van der Waals surface area contributed by atoms with E-state index in [2.05, 4.69) is 9.55 Å². The molecule has 4 rings (SSSR count). The van der Waals surface area contributed by atoms with E-state index in [0.29, 0.717) is 5.56 Å². The molecule has 0 atom stereocenters. The van der Waals surface area contributed by atoms with E-state index in [1.54, 1.807) is 18.3 Å². The lowest BCUT2D eigenvalue weighted by Crippen LogP contribution is -1.92. The number of benzene rings is 2. The Bertz CT molecular complexity index is 942. The van der Waals surface area contributed by atoms with Crippen LogP contribution in [0.15, 0.2) is 79.3 Å². The van der Waals surface area contributed by atoms with Gasteiger partial charge in [-0.2, -0.15) is 0 Å². The van der Waals surface area contributed by atoms with Gasteiger partial charge >= 0.3 is 0 Å². The van der Waals surface area contributed by atoms with Crippen molar-refractivity contribution in [3.8, 4) is 16.8 Å². The monoisotopic (exact) mass is 288 g/mol. The van der Waals surface area contributed by atoms with Crippen molar-refractivity contribution in [3.05, 3.63) is 85.1 Å². The van der Waals surface area contributed by atoms with Crippen molar-refractivity contribution < 1.29 is 4.39 Å². The molecule has 0 saturated heterocycles. The molecule has 4 aromatic rings. The molecule has 0 aliphatic heterocycles. The van der Waals surface area contributed by atoms with E-state index < -0.39 is 0 Å². The molecule has 2 heterocycles. The molecule has 0 N–H and O–H groups in total. The Hall–Kier alpha value is -2.94. The van der Waals surface area contributed by atoms with Crippen LogP contribution in [0, 0.1) is 5.82 Å². The predicted molar refractivity (Wildman–Crippen MR) is 86.5 cm³/mol. The van der Waals surface area contributed by atoms with Crippen LogP contribution in [0.25, 0.3) is 27.7 Å². The highest BCUT2D eigenvalue weighted by atomic mass is 19.1. The van der Waals surface area contributed by atoms with Crippen molar-refractivity contribution in [2.45, 2.75) is 0 Å². The third-order valence-corrected chi connectivity index (χ3v) is 3.80. The number of aromatic nitrogens is 2. The first-order chi connectivity index (χ1) is 10.8. The van der Waals surface area contributed by atoms with Gasteiger partial charge in [0, 0.05) is 18.0 Å². The fourth-order valence-corrected chi connectivity index (χ4v) is 2.71. The van der Waals surface area contributed by atoms with Gasteiger partial charge in [-0.1, -0.05) is 30.3 Å². The van der Waals surface area contributed by atoms with E-state index >= 15 is 0 Å². The number of pyridine rings is 1. The van der Waals surface area contributed by atoms with Crippen LogP contribution < -0.4 is 0 Å². The zero-order valence-electron chi connectivity index (χ0n) is 11.8. The molecule has 0 aliphatic rings. The lowest BCUT2D eigenvalue weighted by molar-refractivity contribution is 0.631. The van der Waals surface area contributed by atoms with Crippen LogP contribution in [0.5, 0.6) is 0 Å². The smallest absolute Gasteiger partial charge is 0.131 e. The number of hydrogen-bond donors (Lipinski definition) is 0.